The van der Waals surface area contributed by atoms with Crippen LogP contribution in [0.4, 0.5) is 0 Å². The molecule has 0 bridgehead atoms. The fourth-order valence-corrected chi connectivity index (χ4v) is 3.54. The van der Waals surface area contributed by atoms with Gasteiger partial charge in [0, 0.05) is 16.9 Å². The maximum absolute atomic E-state index is 12.8. The summed E-state index contributed by atoms with van der Waals surface area (Å²) in [7, 11) is -1.50. The lowest BCUT2D eigenvalue weighted by atomic mass is 10.4. The molecule has 4 aromatic rings. The fourth-order valence-electron chi connectivity index (χ4n) is 2.12. The van der Waals surface area contributed by atoms with Gasteiger partial charge in [0.15, 0.2) is 16.0 Å². The van der Waals surface area contributed by atoms with E-state index in [2.05, 4.69) is 31.0 Å². The Bertz CT molecular complexity index is 992. The van der Waals surface area contributed by atoms with Crippen molar-refractivity contribution in [2.75, 3.05) is 0 Å². The van der Waals surface area contributed by atoms with E-state index in [4.69, 9.17) is 0 Å². The van der Waals surface area contributed by atoms with E-state index in [1.54, 1.807) is 23.0 Å². The molecule has 8 heteroatoms. The first-order chi connectivity index (χ1) is 10.2. The van der Waals surface area contributed by atoms with Crippen LogP contribution in [0, 0.1) is 0 Å². The van der Waals surface area contributed by atoms with E-state index in [9.17, 15) is 4.21 Å². The monoisotopic (exact) mass is 361 g/mol. The number of imidazole rings is 1. The Hall–Kier alpha value is -2.06. The second-order valence-corrected chi connectivity index (χ2v) is 6.53. The van der Waals surface area contributed by atoms with Crippen molar-refractivity contribution in [1.29, 1.82) is 0 Å². The molecule has 21 heavy (non-hydrogen) atoms. The summed E-state index contributed by atoms with van der Waals surface area (Å²) in [5, 5.41) is 4.76. The van der Waals surface area contributed by atoms with Crippen molar-refractivity contribution in [3.63, 3.8) is 0 Å². The van der Waals surface area contributed by atoms with Crippen LogP contribution in [-0.2, 0) is 11.0 Å². The third-order valence-corrected chi connectivity index (χ3v) is 4.77. The van der Waals surface area contributed by atoms with Gasteiger partial charge in [0.1, 0.15) is 16.7 Å². The SMILES string of the molecule is O=S(c1cnc2ccccn12)n1ncc2ncc(Br)cc21. The molecule has 0 amide bonds. The van der Waals surface area contributed by atoms with E-state index in [-0.39, 0.29) is 0 Å². The van der Waals surface area contributed by atoms with E-state index >= 15 is 0 Å². The van der Waals surface area contributed by atoms with Crippen molar-refractivity contribution in [3.05, 3.63) is 53.5 Å². The Balaban J connectivity index is 1.92. The highest BCUT2D eigenvalue weighted by molar-refractivity contribution is 9.10. The summed E-state index contributed by atoms with van der Waals surface area (Å²) >= 11 is 3.37. The Morgan fingerprint density at radius 1 is 1.14 bits per heavy atom. The van der Waals surface area contributed by atoms with Crippen molar-refractivity contribution >= 4 is 43.6 Å². The lowest BCUT2D eigenvalue weighted by Gasteiger charge is -2.03. The average molecular weight is 362 g/mol. The summed E-state index contributed by atoms with van der Waals surface area (Å²) in [5.41, 5.74) is 2.14. The number of rotatable bonds is 2. The van der Waals surface area contributed by atoms with Crippen LogP contribution in [0.25, 0.3) is 16.7 Å². The summed E-state index contributed by atoms with van der Waals surface area (Å²) in [6, 6.07) is 7.46. The number of pyridine rings is 2. The Labute approximate surface area is 130 Å². The standard InChI is InChI=1S/C13H8BrN5OS/c14-9-5-11-10(15-6-9)7-17-19(11)21(20)13-8-16-12-3-1-2-4-18(12)13/h1-8H. The van der Waals surface area contributed by atoms with E-state index in [0.717, 1.165) is 10.1 Å². The molecule has 4 heterocycles. The third kappa shape index (κ3) is 1.98. The Morgan fingerprint density at radius 3 is 2.95 bits per heavy atom. The Kier molecular flexibility index (Phi) is 2.86. The third-order valence-electron chi connectivity index (χ3n) is 3.07. The van der Waals surface area contributed by atoms with Gasteiger partial charge in [-0.1, -0.05) is 6.07 Å². The smallest absolute Gasteiger partial charge is 0.193 e. The molecule has 0 aliphatic carbocycles. The van der Waals surface area contributed by atoms with Crippen LogP contribution in [0.2, 0.25) is 0 Å². The molecule has 0 spiro atoms. The number of hydrogen-bond donors (Lipinski definition) is 0. The van der Waals surface area contributed by atoms with Crippen LogP contribution in [0.15, 0.2) is 58.6 Å². The molecule has 0 saturated heterocycles. The molecule has 6 nitrogen and oxygen atoms in total. The van der Waals surface area contributed by atoms with Gasteiger partial charge >= 0.3 is 0 Å². The molecule has 0 saturated carbocycles. The maximum Gasteiger partial charge on any atom is 0.193 e. The summed E-state index contributed by atoms with van der Waals surface area (Å²) in [5.74, 6) is 0. The molecule has 0 aromatic carbocycles. The summed E-state index contributed by atoms with van der Waals surface area (Å²) in [6.45, 7) is 0. The predicted octanol–water partition coefficient (Wildman–Crippen LogP) is 2.41. The highest BCUT2D eigenvalue weighted by Gasteiger charge is 2.16. The number of aromatic nitrogens is 5. The first kappa shape index (κ1) is 12.7. The molecule has 104 valence electrons. The average Bonchev–Trinajstić information content (AvgIpc) is 3.10. The molecule has 0 N–H and O–H groups in total. The van der Waals surface area contributed by atoms with Gasteiger partial charge in [0.2, 0.25) is 0 Å². The normalized spacial score (nSPS) is 13.0. The summed E-state index contributed by atoms with van der Waals surface area (Å²) < 4.78 is 16.9. The highest BCUT2D eigenvalue weighted by Crippen LogP contribution is 2.20. The molecule has 0 aliphatic heterocycles. The Morgan fingerprint density at radius 2 is 2.05 bits per heavy atom. The van der Waals surface area contributed by atoms with Crippen LogP contribution < -0.4 is 0 Å². The zero-order valence-corrected chi connectivity index (χ0v) is 13.0. The largest absolute Gasteiger partial charge is 0.291 e. The maximum atomic E-state index is 12.8. The van der Waals surface area contributed by atoms with Crippen molar-refractivity contribution in [2.24, 2.45) is 0 Å². The molecular weight excluding hydrogens is 354 g/mol. The zero-order chi connectivity index (χ0) is 14.4. The quantitative estimate of drug-likeness (QED) is 0.549. The zero-order valence-electron chi connectivity index (χ0n) is 10.5. The van der Waals surface area contributed by atoms with Gasteiger partial charge in [-0.05, 0) is 34.1 Å². The van der Waals surface area contributed by atoms with Gasteiger partial charge in [0.25, 0.3) is 0 Å². The number of hydrogen-bond acceptors (Lipinski definition) is 4. The van der Waals surface area contributed by atoms with Gasteiger partial charge in [0.05, 0.1) is 12.4 Å². The van der Waals surface area contributed by atoms with Crippen molar-refractivity contribution in [1.82, 2.24) is 23.6 Å². The summed E-state index contributed by atoms with van der Waals surface area (Å²) in [4.78, 5) is 8.49. The number of fused-ring (bicyclic) bond motifs is 2. The van der Waals surface area contributed by atoms with E-state index < -0.39 is 11.0 Å². The first-order valence-electron chi connectivity index (χ1n) is 6.08. The predicted molar refractivity (Wildman–Crippen MR) is 82.2 cm³/mol. The lowest BCUT2D eigenvalue weighted by molar-refractivity contribution is 0.669. The number of halogens is 1. The molecule has 0 fully saturated rings. The van der Waals surface area contributed by atoms with E-state index in [1.165, 1.54) is 4.09 Å². The van der Waals surface area contributed by atoms with E-state index in [0.29, 0.717) is 16.1 Å². The number of nitrogens with zero attached hydrogens (tertiary/aromatic N) is 5. The molecule has 4 rings (SSSR count). The van der Waals surface area contributed by atoms with Gasteiger partial charge in [-0.25, -0.2) is 9.19 Å². The van der Waals surface area contributed by atoms with Crippen LogP contribution in [0.1, 0.15) is 0 Å². The molecule has 4 aromatic heterocycles. The molecular formula is C13H8BrN5OS. The lowest BCUT2D eigenvalue weighted by Crippen LogP contribution is -2.08. The molecule has 0 radical (unpaired) electrons. The minimum atomic E-state index is -1.50. The van der Waals surface area contributed by atoms with Crippen molar-refractivity contribution in [2.45, 2.75) is 5.03 Å². The minimum absolute atomic E-state index is 0.565. The topological polar surface area (TPSA) is 65.1 Å². The second-order valence-electron chi connectivity index (χ2n) is 4.35. The second kappa shape index (κ2) is 4.74. The van der Waals surface area contributed by atoms with Gasteiger partial charge in [-0.2, -0.15) is 9.19 Å². The van der Waals surface area contributed by atoms with Crippen LogP contribution >= 0.6 is 15.9 Å². The minimum Gasteiger partial charge on any atom is -0.291 e. The molecule has 1 unspecified atom stereocenters. The molecule has 0 aliphatic rings. The fraction of sp³-hybridized carbons (Fsp3) is 0. The van der Waals surface area contributed by atoms with Crippen LogP contribution in [0.3, 0.4) is 0 Å². The van der Waals surface area contributed by atoms with Gasteiger partial charge < -0.3 is 0 Å². The van der Waals surface area contributed by atoms with Crippen LogP contribution in [0.5, 0.6) is 0 Å². The van der Waals surface area contributed by atoms with Crippen molar-refractivity contribution < 1.29 is 4.21 Å². The van der Waals surface area contributed by atoms with Crippen LogP contribution in [-0.4, -0.2) is 27.8 Å². The van der Waals surface area contributed by atoms with Crippen molar-refractivity contribution in [3.8, 4) is 0 Å². The van der Waals surface area contributed by atoms with Gasteiger partial charge in [-0.3, -0.25) is 9.38 Å². The molecule has 1 atom stereocenters. The first-order valence-corrected chi connectivity index (χ1v) is 7.97. The highest BCUT2D eigenvalue weighted by atomic mass is 79.9. The van der Waals surface area contributed by atoms with Gasteiger partial charge in [-0.15, -0.1) is 0 Å². The summed E-state index contributed by atoms with van der Waals surface area (Å²) in [6.07, 6.45) is 6.72. The van der Waals surface area contributed by atoms with E-state index in [1.807, 2.05) is 30.5 Å².